The van der Waals surface area contributed by atoms with Gasteiger partial charge in [0.2, 0.25) is 0 Å². The zero-order valence-corrected chi connectivity index (χ0v) is 33.4. The molecule has 1 aliphatic heterocycles. The molecule has 0 saturated carbocycles. The molecule has 2 heterocycles. The van der Waals surface area contributed by atoms with Crippen LogP contribution in [0.2, 0.25) is 0 Å². The molecule has 12 rings (SSSR count). The predicted octanol–water partition coefficient (Wildman–Crippen LogP) is 17.0. The number of rotatable bonds is 5. The summed E-state index contributed by atoms with van der Waals surface area (Å²) in [5, 5.41) is 15.4. The molecule has 0 saturated heterocycles. The van der Waals surface area contributed by atoms with Gasteiger partial charge in [0.1, 0.15) is 0 Å². The molecule has 0 bridgehead atoms. The number of hydrogen-bond donors (Lipinski definition) is 0. The molecule has 0 aliphatic carbocycles. The number of thiophene rings is 1. The molecule has 1 aliphatic rings. The molecule has 0 spiro atoms. The van der Waals surface area contributed by atoms with E-state index >= 15 is 0 Å². The van der Waals surface area contributed by atoms with Gasteiger partial charge in [-0.2, -0.15) is 0 Å². The van der Waals surface area contributed by atoms with Crippen LogP contribution in [0.5, 0.6) is 0 Å². The van der Waals surface area contributed by atoms with Crippen LogP contribution in [0, 0.1) is 0 Å². The van der Waals surface area contributed by atoms with Gasteiger partial charge in [-0.15, -0.1) is 11.3 Å². The zero-order valence-electron chi connectivity index (χ0n) is 31.8. The van der Waals surface area contributed by atoms with Crippen molar-refractivity contribution in [3.63, 3.8) is 0 Å². The monoisotopic (exact) mass is 772 g/mol. The Morgan fingerprint density at radius 1 is 0.500 bits per heavy atom. The van der Waals surface area contributed by atoms with E-state index in [0.29, 0.717) is 0 Å². The Balaban J connectivity index is 0.918. The van der Waals surface area contributed by atoms with Crippen molar-refractivity contribution in [2.24, 2.45) is 0 Å². The quantitative estimate of drug-likeness (QED) is 0.157. The number of benzene rings is 10. The first-order valence-corrected chi connectivity index (χ1v) is 21.6. The van der Waals surface area contributed by atoms with Gasteiger partial charge in [-0.1, -0.05) is 183 Å². The van der Waals surface area contributed by atoms with Gasteiger partial charge < -0.3 is 0 Å². The van der Waals surface area contributed by atoms with Crippen molar-refractivity contribution < 1.29 is 0 Å². The van der Waals surface area contributed by atoms with Gasteiger partial charge >= 0.3 is 0 Å². The number of hydrogen-bond acceptors (Lipinski definition) is 2. The first kappa shape index (κ1) is 33.7. The lowest BCUT2D eigenvalue weighted by Gasteiger charge is -2.19. The van der Waals surface area contributed by atoms with Crippen LogP contribution in [0.15, 0.2) is 199 Å². The molecular formula is C56H36S2. The van der Waals surface area contributed by atoms with E-state index in [1.54, 1.807) is 0 Å². The molecule has 2 heteroatoms. The van der Waals surface area contributed by atoms with Gasteiger partial charge in [-0.3, -0.25) is 0 Å². The second-order valence-electron chi connectivity index (χ2n) is 15.7. The van der Waals surface area contributed by atoms with Crippen LogP contribution in [0.1, 0.15) is 23.5 Å². The normalized spacial score (nSPS) is 14.1. The topological polar surface area (TPSA) is 0 Å². The van der Waals surface area contributed by atoms with Gasteiger partial charge in [0, 0.05) is 36.4 Å². The van der Waals surface area contributed by atoms with Crippen molar-refractivity contribution in [2.75, 3.05) is 0 Å². The SMILES string of the molecule is C=C(CC1C(=C)Sc2c1ccc1ccc3c4ccccc4sc3c21)c1ccc2cc(-c3c4ccccc4c(-c4cccc5ccccc45)c4ccccc34)ccc2c1. The molecule has 272 valence electrons. The Labute approximate surface area is 345 Å². The van der Waals surface area contributed by atoms with Crippen LogP contribution in [0.4, 0.5) is 0 Å². The Bertz CT molecular complexity index is 3500. The fraction of sp³-hybridized carbons (Fsp3) is 0.0357. The summed E-state index contributed by atoms with van der Waals surface area (Å²) >= 11 is 3.78. The van der Waals surface area contributed by atoms with Crippen LogP contribution < -0.4 is 0 Å². The highest BCUT2D eigenvalue weighted by Crippen LogP contribution is 2.55. The van der Waals surface area contributed by atoms with E-state index in [4.69, 9.17) is 0 Å². The van der Waals surface area contributed by atoms with E-state index in [-0.39, 0.29) is 5.92 Å². The summed E-state index contributed by atoms with van der Waals surface area (Å²) in [6, 6.07) is 65.2. The van der Waals surface area contributed by atoms with Gasteiger partial charge in [-0.25, -0.2) is 0 Å². The molecule has 1 atom stereocenters. The number of thioether (sulfide) groups is 1. The van der Waals surface area contributed by atoms with E-state index in [1.807, 2.05) is 23.1 Å². The van der Waals surface area contributed by atoms with Crippen molar-refractivity contribution in [1.82, 2.24) is 0 Å². The Kier molecular flexibility index (Phi) is 7.57. The van der Waals surface area contributed by atoms with Gasteiger partial charge in [0.05, 0.1) is 0 Å². The molecule has 1 unspecified atom stereocenters. The lowest BCUT2D eigenvalue weighted by Crippen LogP contribution is -1.97. The summed E-state index contributed by atoms with van der Waals surface area (Å²) in [6.45, 7) is 9.30. The summed E-state index contributed by atoms with van der Waals surface area (Å²) in [4.78, 5) is 2.58. The lowest BCUT2D eigenvalue weighted by atomic mass is 9.84. The first-order chi connectivity index (χ1) is 28.6. The van der Waals surface area contributed by atoms with Crippen molar-refractivity contribution in [3.05, 3.63) is 205 Å². The number of allylic oxidation sites excluding steroid dienone is 2. The fourth-order valence-electron chi connectivity index (χ4n) is 9.72. The molecule has 58 heavy (non-hydrogen) atoms. The third-order valence-corrected chi connectivity index (χ3v) is 14.9. The minimum Gasteiger partial charge on any atom is -0.134 e. The molecule has 0 nitrogen and oxygen atoms in total. The molecular weight excluding hydrogens is 737 g/mol. The van der Waals surface area contributed by atoms with Crippen LogP contribution in [-0.2, 0) is 0 Å². The summed E-state index contributed by atoms with van der Waals surface area (Å²) < 4.78 is 2.72. The van der Waals surface area contributed by atoms with E-state index in [9.17, 15) is 0 Å². The summed E-state index contributed by atoms with van der Waals surface area (Å²) in [5.74, 6) is 0.220. The third kappa shape index (κ3) is 5.09. The molecule has 10 aromatic carbocycles. The highest BCUT2D eigenvalue weighted by molar-refractivity contribution is 8.03. The molecule has 0 amide bonds. The van der Waals surface area contributed by atoms with Crippen molar-refractivity contribution in [3.8, 4) is 22.3 Å². The highest BCUT2D eigenvalue weighted by atomic mass is 32.2. The Morgan fingerprint density at radius 3 is 1.91 bits per heavy atom. The summed E-state index contributed by atoms with van der Waals surface area (Å²) in [6.07, 6.45) is 0.845. The fourth-order valence-corrected chi connectivity index (χ4v) is 12.3. The standard InChI is InChI=1S/C56H36S2/c1-33(30-50-34(2)57-55-49(50)29-27-36-26-28-48-42-15-9-10-21-51(42)58-56(48)53(36)55)37-22-23-39-32-40(25-24-38(39)31-37)52-44-16-5-7-18-46(44)54(47-19-8-6-17-45(47)52)43-20-11-13-35-12-3-4-14-41(35)43/h3-29,31-32,50H,1-2,30H2. The van der Waals surface area contributed by atoms with Gasteiger partial charge in [-0.05, 0) is 117 Å². The van der Waals surface area contributed by atoms with Crippen LogP contribution in [0.25, 0.3) is 102 Å². The lowest BCUT2D eigenvalue weighted by molar-refractivity contribution is 0.866. The minimum absolute atomic E-state index is 0.220. The minimum atomic E-state index is 0.220. The first-order valence-electron chi connectivity index (χ1n) is 20.0. The van der Waals surface area contributed by atoms with E-state index in [1.165, 1.54) is 117 Å². The third-order valence-electron chi connectivity index (χ3n) is 12.5. The van der Waals surface area contributed by atoms with Crippen molar-refractivity contribution >= 4 is 103 Å². The highest BCUT2D eigenvalue weighted by Gasteiger charge is 2.30. The second-order valence-corrected chi connectivity index (χ2v) is 17.9. The smallest absolute Gasteiger partial charge is 0.0445 e. The van der Waals surface area contributed by atoms with E-state index in [2.05, 4.69) is 189 Å². The summed E-state index contributed by atoms with van der Waals surface area (Å²) in [5.41, 5.74) is 8.79. The largest absolute Gasteiger partial charge is 0.134 e. The molecule has 0 radical (unpaired) electrons. The average molecular weight is 773 g/mol. The molecule has 11 aromatic rings. The van der Waals surface area contributed by atoms with Crippen molar-refractivity contribution in [2.45, 2.75) is 17.2 Å². The van der Waals surface area contributed by atoms with Crippen LogP contribution in [-0.4, -0.2) is 0 Å². The van der Waals surface area contributed by atoms with Crippen LogP contribution in [0.3, 0.4) is 0 Å². The maximum atomic E-state index is 4.68. The molecule has 0 N–H and O–H groups in total. The van der Waals surface area contributed by atoms with Crippen LogP contribution >= 0.6 is 23.1 Å². The average Bonchev–Trinajstić information content (AvgIpc) is 3.81. The molecule has 0 fully saturated rings. The zero-order chi connectivity index (χ0) is 38.5. The van der Waals surface area contributed by atoms with E-state index < -0.39 is 0 Å². The van der Waals surface area contributed by atoms with Gasteiger partial charge in [0.15, 0.2) is 0 Å². The Hall–Kier alpha value is -6.45. The Morgan fingerprint density at radius 2 is 1.12 bits per heavy atom. The number of fused-ring (bicyclic) bond motifs is 11. The maximum absolute atomic E-state index is 4.68. The predicted molar refractivity (Wildman–Crippen MR) is 256 cm³/mol. The second kappa shape index (κ2) is 13.0. The van der Waals surface area contributed by atoms with Gasteiger partial charge in [0.25, 0.3) is 0 Å². The van der Waals surface area contributed by atoms with Crippen molar-refractivity contribution in [1.29, 1.82) is 0 Å². The maximum Gasteiger partial charge on any atom is 0.0445 e. The molecule has 1 aromatic heterocycles. The summed E-state index contributed by atoms with van der Waals surface area (Å²) in [7, 11) is 0. The van der Waals surface area contributed by atoms with E-state index in [0.717, 1.165) is 12.0 Å².